The van der Waals surface area contributed by atoms with Gasteiger partial charge in [-0.25, -0.2) is 0 Å². The quantitative estimate of drug-likeness (QED) is 0.894. The lowest BCUT2D eigenvalue weighted by atomic mass is 9.88. The molecule has 0 aliphatic heterocycles. The van der Waals surface area contributed by atoms with E-state index in [1.165, 1.54) is 43.5 Å². The van der Waals surface area contributed by atoms with Gasteiger partial charge in [-0.3, -0.25) is 0 Å². The molecule has 2 fully saturated rings. The van der Waals surface area contributed by atoms with Crippen LogP contribution in [-0.2, 0) is 0 Å². The Kier molecular flexibility index (Phi) is 3.53. The van der Waals surface area contributed by atoms with Gasteiger partial charge in [-0.1, -0.05) is 18.6 Å². The van der Waals surface area contributed by atoms with E-state index in [-0.39, 0.29) is 6.04 Å². The molecule has 2 bridgehead atoms. The van der Waals surface area contributed by atoms with Gasteiger partial charge in [-0.15, -0.1) is 0 Å². The summed E-state index contributed by atoms with van der Waals surface area (Å²) in [5, 5.41) is 0. The van der Waals surface area contributed by atoms with Gasteiger partial charge in [0.15, 0.2) is 0 Å². The van der Waals surface area contributed by atoms with E-state index in [1.807, 2.05) is 6.92 Å². The summed E-state index contributed by atoms with van der Waals surface area (Å²) in [5.74, 6) is 2.98. The summed E-state index contributed by atoms with van der Waals surface area (Å²) in [5.41, 5.74) is 8.45. The predicted octanol–water partition coefficient (Wildman–Crippen LogP) is 3.58. The van der Waals surface area contributed by atoms with Gasteiger partial charge in [0.25, 0.3) is 0 Å². The number of anilines is 1. The summed E-state index contributed by atoms with van der Waals surface area (Å²) in [6.07, 6.45) is 5.94. The van der Waals surface area contributed by atoms with Crippen LogP contribution >= 0.6 is 0 Å². The maximum atomic E-state index is 5.90. The fraction of sp³-hybridized carbons (Fsp3) is 0.647. The molecule has 0 aromatic heterocycles. The van der Waals surface area contributed by atoms with E-state index < -0.39 is 0 Å². The van der Waals surface area contributed by atoms with Gasteiger partial charge in [-0.05, 0) is 61.6 Å². The third-order valence-electron chi connectivity index (χ3n) is 5.25. The second-order valence-electron chi connectivity index (χ2n) is 6.70. The molecule has 19 heavy (non-hydrogen) atoms. The Morgan fingerprint density at radius 1 is 1.21 bits per heavy atom. The Bertz CT molecular complexity index is 423. The zero-order valence-electron chi connectivity index (χ0n) is 12.2. The number of nitrogens with zero attached hydrogens (tertiary/aromatic N) is 1. The summed E-state index contributed by atoms with van der Waals surface area (Å²) in [6, 6.07) is 8.89. The van der Waals surface area contributed by atoms with Crippen molar-refractivity contribution in [2.45, 2.75) is 38.6 Å². The highest BCUT2D eigenvalue weighted by Gasteiger charge is 2.39. The molecular weight excluding hydrogens is 232 g/mol. The first-order chi connectivity index (χ1) is 9.13. The average molecular weight is 258 g/mol. The molecule has 3 rings (SSSR count). The maximum Gasteiger partial charge on any atom is 0.0363 e. The largest absolute Gasteiger partial charge is 0.374 e. The average Bonchev–Trinajstić information content (AvgIpc) is 3.01. The minimum absolute atomic E-state index is 0.130. The third-order valence-corrected chi connectivity index (χ3v) is 5.25. The van der Waals surface area contributed by atoms with Gasteiger partial charge in [0.1, 0.15) is 0 Å². The molecule has 1 aromatic carbocycles. The molecule has 0 amide bonds. The number of benzene rings is 1. The fourth-order valence-corrected chi connectivity index (χ4v) is 4.09. The van der Waals surface area contributed by atoms with Gasteiger partial charge < -0.3 is 10.6 Å². The van der Waals surface area contributed by atoms with Crippen LogP contribution in [0.4, 0.5) is 5.69 Å². The molecule has 2 nitrogen and oxygen atoms in total. The van der Waals surface area contributed by atoms with Gasteiger partial charge in [0.05, 0.1) is 0 Å². The van der Waals surface area contributed by atoms with E-state index in [1.54, 1.807) is 0 Å². The molecule has 4 atom stereocenters. The Hall–Kier alpha value is -1.02. The first-order valence-corrected chi connectivity index (χ1v) is 7.70. The Morgan fingerprint density at radius 2 is 1.95 bits per heavy atom. The maximum absolute atomic E-state index is 5.90. The highest BCUT2D eigenvalue weighted by atomic mass is 15.1. The summed E-state index contributed by atoms with van der Waals surface area (Å²) < 4.78 is 0. The minimum Gasteiger partial charge on any atom is -0.374 e. The number of hydrogen-bond acceptors (Lipinski definition) is 2. The van der Waals surface area contributed by atoms with Crippen molar-refractivity contribution in [3.63, 3.8) is 0 Å². The van der Waals surface area contributed by atoms with Crippen molar-refractivity contribution in [2.24, 2.45) is 23.5 Å². The highest BCUT2D eigenvalue weighted by Crippen LogP contribution is 2.48. The molecule has 2 heteroatoms. The third kappa shape index (κ3) is 2.64. The standard InChI is InChI=1S/C17H26N2/c1-12(18)14-5-7-17(8-6-14)19(2)11-16-10-13-3-4-15(16)9-13/h5-8,12-13,15-16H,3-4,9-11,18H2,1-2H3/t12-,13?,15?,16?/m0/s1. The molecule has 2 saturated carbocycles. The minimum atomic E-state index is 0.130. The lowest BCUT2D eigenvalue weighted by Crippen LogP contribution is -2.28. The molecule has 2 aliphatic carbocycles. The van der Waals surface area contributed by atoms with E-state index in [0.29, 0.717) is 0 Å². The van der Waals surface area contributed by atoms with Crippen LogP contribution in [0.15, 0.2) is 24.3 Å². The van der Waals surface area contributed by atoms with Crippen LogP contribution in [0.1, 0.15) is 44.2 Å². The molecule has 104 valence electrons. The normalized spacial score (nSPS) is 30.6. The van der Waals surface area contributed by atoms with Crippen molar-refractivity contribution in [3.05, 3.63) is 29.8 Å². The van der Waals surface area contributed by atoms with Crippen molar-refractivity contribution in [1.29, 1.82) is 0 Å². The number of nitrogens with two attached hydrogens (primary N) is 1. The van der Waals surface area contributed by atoms with Crippen LogP contribution in [0.25, 0.3) is 0 Å². The molecule has 3 unspecified atom stereocenters. The second-order valence-corrected chi connectivity index (χ2v) is 6.70. The molecule has 0 radical (unpaired) electrons. The van der Waals surface area contributed by atoms with E-state index in [2.05, 4.69) is 36.2 Å². The van der Waals surface area contributed by atoms with Crippen LogP contribution < -0.4 is 10.6 Å². The topological polar surface area (TPSA) is 29.3 Å². The summed E-state index contributed by atoms with van der Waals surface area (Å²) in [4.78, 5) is 2.43. The second kappa shape index (κ2) is 5.16. The van der Waals surface area contributed by atoms with Crippen molar-refractivity contribution in [3.8, 4) is 0 Å². The van der Waals surface area contributed by atoms with E-state index >= 15 is 0 Å². The first kappa shape index (κ1) is 13.0. The molecule has 1 aromatic rings. The van der Waals surface area contributed by atoms with Crippen LogP contribution in [0.3, 0.4) is 0 Å². The van der Waals surface area contributed by atoms with E-state index in [0.717, 1.165) is 17.8 Å². The molecule has 2 aliphatic rings. The van der Waals surface area contributed by atoms with Crippen molar-refractivity contribution in [2.75, 3.05) is 18.5 Å². The van der Waals surface area contributed by atoms with Crippen molar-refractivity contribution < 1.29 is 0 Å². The lowest BCUT2D eigenvalue weighted by Gasteiger charge is -2.28. The zero-order valence-corrected chi connectivity index (χ0v) is 12.2. The Morgan fingerprint density at radius 3 is 2.47 bits per heavy atom. The van der Waals surface area contributed by atoms with Gasteiger partial charge in [0, 0.05) is 25.3 Å². The van der Waals surface area contributed by atoms with Crippen molar-refractivity contribution >= 4 is 5.69 Å². The Balaban J connectivity index is 1.62. The first-order valence-electron chi connectivity index (χ1n) is 7.70. The van der Waals surface area contributed by atoms with Gasteiger partial charge >= 0.3 is 0 Å². The predicted molar refractivity (Wildman–Crippen MR) is 81.3 cm³/mol. The number of rotatable bonds is 4. The summed E-state index contributed by atoms with van der Waals surface area (Å²) >= 11 is 0. The smallest absolute Gasteiger partial charge is 0.0363 e. The highest BCUT2D eigenvalue weighted by molar-refractivity contribution is 5.47. The van der Waals surface area contributed by atoms with E-state index in [4.69, 9.17) is 5.73 Å². The molecular formula is C17H26N2. The van der Waals surface area contributed by atoms with Crippen LogP contribution in [-0.4, -0.2) is 13.6 Å². The Labute approximate surface area is 117 Å². The SMILES string of the molecule is C[C@H](N)c1ccc(N(C)CC2CC3CCC2C3)cc1. The van der Waals surface area contributed by atoms with Crippen molar-refractivity contribution in [1.82, 2.24) is 0 Å². The summed E-state index contributed by atoms with van der Waals surface area (Å²) in [6.45, 7) is 3.26. The number of hydrogen-bond donors (Lipinski definition) is 1. The fourth-order valence-electron chi connectivity index (χ4n) is 4.09. The van der Waals surface area contributed by atoms with Crippen LogP contribution in [0.2, 0.25) is 0 Å². The van der Waals surface area contributed by atoms with Crippen LogP contribution in [0, 0.1) is 17.8 Å². The van der Waals surface area contributed by atoms with E-state index in [9.17, 15) is 0 Å². The zero-order chi connectivity index (χ0) is 13.4. The monoisotopic (exact) mass is 258 g/mol. The van der Waals surface area contributed by atoms with Crippen LogP contribution in [0.5, 0.6) is 0 Å². The van der Waals surface area contributed by atoms with Gasteiger partial charge in [0.2, 0.25) is 0 Å². The molecule has 0 heterocycles. The number of fused-ring (bicyclic) bond motifs is 2. The molecule has 2 N–H and O–H groups in total. The summed E-state index contributed by atoms with van der Waals surface area (Å²) in [7, 11) is 2.23. The molecule has 0 spiro atoms. The van der Waals surface area contributed by atoms with Gasteiger partial charge in [-0.2, -0.15) is 0 Å². The lowest BCUT2D eigenvalue weighted by molar-refractivity contribution is 0.337. The molecule has 0 saturated heterocycles.